The van der Waals surface area contributed by atoms with E-state index in [0.717, 1.165) is 56.1 Å². The van der Waals surface area contributed by atoms with Crippen LogP contribution in [0.4, 0.5) is 0 Å². The van der Waals surface area contributed by atoms with Gasteiger partial charge in [0, 0.05) is 50.1 Å². The number of rotatable bonds is 8. The zero-order valence-corrected chi connectivity index (χ0v) is 16.2. The molecule has 1 fully saturated rings. The molecular formula is C20H29N3O3. The highest BCUT2D eigenvalue weighted by atomic mass is 16.5. The Labute approximate surface area is 155 Å². The lowest BCUT2D eigenvalue weighted by molar-refractivity contribution is 0.0675. The van der Waals surface area contributed by atoms with Crippen LogP contribution in [-0.2, 0) is 24.9 Å². The number of nitrogens with zero attached hydrogens (tertiary/aromatic N) is 3. The summed E-state index contributed by atoms with van der Waals surface area (Å²) in [5.74, 6) is 1.72. The van der Waals surface area contributed by atoms with E-state index in [1.807, 2.05) is 30.1 Å². The highest BCUT2D eigenvalue weighted by Gasteiger charge is 2.21. The molecule has 0 N–H and O–H groups in total. The fourth-order valence-corrected chi connectivity index (χ4v) is 3.45. The molecule has 2 heterocycles. The van der Waals surface area contributed by atoms with E-state index in [4.69, 9.17) is 14.2 Å². The van der Waals surface area contributed by atoms with Crippen molar-refractivity contribution in [2.45, 2.75) is 39.0 Å². The second-order valence-corrected chi connectivity index (χ2v) is 6.86. The van der Waals surface area contributed by atoms with Gasteiger partial charge in [0.25, 0.3) is 0 Å². The van der Waals surface area contributed by atoms with Gasteiger partial charge in [0.05, 0.1) is 26.5 Å². The van der Waals surface area contributed by atoms with Crippen LogP contribution in [0.25, 0.3) is 0 Å². The van der Waals surface area contributed by atoms with E-state index in [1.165, 1.54) is 11.3 Å². The van der Waals surface area contributed by atoms with Crippen molar-refractivity contribution >= 4 is 0 Å². The molecule has 0 saturated carbocycles. The number of hydrogen-bond acceptors (Lipinski definition) is 5. The zero-order valence-electron chi connectivity index (χ0n) is 16.2. The van der Waals surface area contributed by atoms with Crippen molar-refractivity contribution in [1.82, 2.24) is 14.7 Å². The Morgan fingerprint density at radius 3 is 2.65 bits per heavy atom. The summed E-state index contributed by atoms with van der Waals surface area (Å²) in [6, 6.07) is 5.95. The molecule has 26 heavy (non-hydrogen) atoms. The van der Waals surface area contributed by atoms with Crippen LogP contribution in [0.2, 0.25) is 0 Å². The van der Waals surface area contributed by atoms with Crippen LogP contribution in [0.5, 0.6) is 11.5 Å². The van der Waals surface area contributed by atoms with Crippen LogP contribution in [0.15, 0.2) is 24.4 Å². The first-order chi connectivity index (χ1) is 12.6. The third-order valence-electron chi connectivity index (χ3n) is 5.10. The molecule has 0 bridgehead atoms. The maximum absolute atomic E-state index is 5.88. The standard InChI is InChI=1S/C20H29N3O3/c1-15-17(11-21-22(15)2)13-23(14-19-6-5-9-26-19)12-16-10-18(24-3)7-8-20(16)25-4/h7-8,10-11,19H,5-6,9,12-14H2,1-4H3. The summed E-state index contributed by atoms with van der Waals surface area (Å²) in [7, 11) is 5.38. The van der Waals surface area contributed by atoms with Gasteiger partial charge < -0.3 is 14.2 Å². The molecular weight excluding hydrogens is 330 g/mol. The topological polar surface area (TPSA) is 48.8 Å². The van der Waals surface area contributed by atoms with Crippen molar-refractivity contribution in [2.24, 2.45) is 7.05 Å². The molecule has 6 nitrogen and oxygen atoms in total. The monoisotopic (exact) mass is 359 g/mol. The number of ether oxygens (including phenoxy) is 3. The third-order valence-corrected chi connectivity index (χ3v) is 5.10. The lowest BCUT2D eigenvalue weighted by Gasteiger charge is -2.26. The SMILES string of the molecule is COc1ccc(OC)c(CN(Cc2cnn(C)c2C)CC2CCCO2)c1. The molecule has 1 aromatic heterocycles. The first-order valence-electron chi connectivity index (χ1n) is 9.13. The summed E-state index contributed by atoms with van der Waals surface area (Å²) in [5, 5.41) is 4.38. The van der Waals surface area contributed by atoms with Crippen molar-refractivity contribution in [3.63, 3.8) is 0 Å². The second-order valence-electron chi connectivity index (χ2n) is 6.86. The van der Waals surface area contributed by atoms with E-state index in [-0.39, 0.29) is 0 Å². The molecule has 2 aromatic rings. The average molecular weight is 359 g/mol. The molecule has 6 heteroatoms. The normalized spacial score (nSPS) is 17.0. The number of aryl methyl sites for hydroxylation is 1. The van der Waals surface area contributed by atoms with Crippen molar-refractivity contribution in [2.75, 3.05) is 27.4 Å². The predicted molar refractivity (Wildman–Crippen MR) is 101 cm³/mol. The number of hydrogen-bond donors (Lipinski definition) is 0. The predicted octanol–water partition coefficient (Wildman–Crippen LogP) is 2.93. The molecule has 0 aliphatic carbocycles. The van der Waals surface area contributed by atoms with E-state index in [1.54, 1.807) is 14.2 Å². The molecule has 1 unspecified atom stereocenters. The smallest absolute Gasteiger partial charge is 0.123 e. The van der Waals surface area contributed by atoms with Crippen molar-refractivity contribution in [1.29, 1.82) is 0 Å². The second kappa shape index (κ2) is 8.56. The van der Waals surface area contributed by atoms with Crippen LogP contribution in [0.1, 0.15) is 29.7 Å². The van der Waals surface area contributed by atoms with Crippen LogP contribution < -0.4 is 9.47 Å². The zero-order chi connectivity index (χ0) is 18.5. The van der Waals surface area contributed by atoms with E-state index in [0.29, 0.717) is 6.10 Å². The van der Waals surface area contributed by atoms with Gasteiger partial charge in [0.2, 0.25) is 0 Å². The number of aromatic nitrogens is 2. The van der Waals surface area contributed by atoms with Crippen LogP contribution in [-0.4, -0.2) is 48.2 Å². The quantitative estimate of drug-likeness (QED) is 0.725. The molecule has 3 rings (SSSR count). The fourth-order valence-electron chi connectivity index (χ4n) is 3.45. The lowest BCUT2D eigenvalue weighted by Crippen LogP contribution is -2.31. The van der Waals surface area contributed by atoms with Gasteiger partial charge in [-0.1, -0.05) is 0 Å². The summed E-state index contributed by atoms with van der Waals surface area (Å²) in [6.07, 6.45) is 4.52. The average Bonchev–Trinajstić information content (AvgIpc) is 3.27. The molecule has 1 aromatic carbocycles. The molecule has 0 amide bonds. The van der Waals surface area contributed by atoms with Gasteiger partial charge >= 0.3 is 0 Å². The molecule has 1 saturated heterocycles. The molecule has 0 radical (unpaired) electrons. The molecule has 0 spiro atoms. The van der Waals surface area contributed by atoms with E-state index in [9.17, 15) is 0 Å². The Bertz CT molecular complexity index is 723. The summed E-state index contributed by atoms with van der Waals surface area (Å²) in [6.45, 7) is 5.48. The van der Waals surface area contributed by atoms with Gasteiger partial charge in [0.15, 0.2) is 0 Å². The van der Waals surface area contributed by atoms with Gasteiger partial charge in [0.1, 0.15) is 11.5 Å². The Morgan fingerprint density at radius 1 is 1.23 bits per heavy atom. The Morgan fingerprint density at radius 2 is 2.04 bits per heavy atom. The van der Waals surface area contributed by atoms with E-state index < -0.39 is 0 Å². The van der Waals surface area contributed by atoms with Crippen molar-refractivity contribution < 1.29 is 14.2 Å². The number of benzene rings is 1. The van der Waals surface area contributed by atoms with Crippen LogP contribution in [0.3, 0.4) is 0 Å². The maximum atomic E-state index is 5.88. The Kier molecular flexibility index (Phi) is 6.16. The first kappa shape index (κ1) is 18.7. The molecule has 1 aliphatic heterocycles. The van der Waals surface area contributed by atoms with E-state index >= 15 is 0 Å². The van der Waals surface area contributed by atoms with Crippen LogP contribution >= 0.6 is 0 Å². The Balaban J connectivity index is 1.81. The minimum Gasteiger partial charge on any atom is -0.497 e. The number of methoxy groups -OCH3 is 2. The highest BCUT2D eigenvalue weighted by molar-refractivity contribution is 5.40. The lowest BCUT2D eigenvalue weighted by atomic mass is 10.1. The summed E-state index contributed by atoms with van der Waals surface area (Å²) < 4.78 is 18.8. The summed E-state index contributed by atoms with van der Waals surface area (Å²) in [5.41, 5.74) is 3.55. The summed E-state index contributed by atoms with van der Waals surface area (Å²) in [4.78, 5) is 2.41. The highest BCUT2D eigenvalue weighted by Crippen LogP contribution is 2.27. The Hall–Kier alpha value is -2.05. The van der Waals surface area contributed by atoms with Gasteiger partial charge in [-0.05, 0) is 38.0 Å². The fraction of sp³-hybridized carbons (Fsp3) is 0.550. The van der Waals surface area contributed by atoms with E-state index in [2.05, 4.69) is 23.0 Å². The van der Waals surface area contributed by atoms with Crippen molar-refractivity contribution in [3.8, 4) is 11.5 Å². The van der Waals surface area contributed by atoms with Gasteiger partial charge in [-0.3, -0.25) is 9.58 Å². The van der Waals surface area contributed by atoms with Crippen molar-refractivity contribution in [3.05, 3.63) is 41.2 Å². The minimum atomic E-state index is 0.295. The largest absolute Gasteiger partial charge is 0.497 e. The maximum Gasteiger partial charge on any atom is 0.123 e. The third kappa shape index (κ3) is 4.37. The minimum absolute atomic E-state index is 0.295. The molecule has 1 atom stereocenters. The summed E-state index contributed by atoms with van der Waals surface area (Å²) >= 11 is 0. The molecule has 142 valence electrons. The van der Waals surface area contributed by atoms with Gasteiger partial charge in [-0.15, -0.1) is 0 Å². The first-order valence-corrected chi connectivity index (χ1v) is 9.13. The molecule has 1 aliphatic rings. The van der Waals surface area contributed by atoms with Crippen LogP contribution in [0, 0.1) is 6.92 Å². The van der Waals surface area contributed by atoms with Gasteiger partial charge in [-0.25, -0.2) is 0 Å². The van der Waals surface area contributed by atoms with Gasteiger partial charge in [-0.2, -0.15) is 5.10 Å².